The Kier molecular flexibility index (Phi) is 3.07. The van der Waals surface area contributed by atoms with Crippen molar-refractivity contribution in [2.45, 2.75) is 64.2 Å². The van der Waals surface area contributed by atoms with Gasteiger partial charge < -0.3 is 0 Å². The number of hydrogen-bond acceptors (Lipinski definition) is 0. The van der Waals surface area contributed by atoms with E-state index in [4.69, 9.17) is 0 Å². The summed E-state index contributed by atoms with van der Waals surface area (Å²) in [5, 5.41) is 0. The van der Waals surface area contributed by atoms with Crippen LogP contribution >= 0.6 is 0 Å². The minimum absolute atomic E-state index is 0.347. The van der Waals surface area contributed by atoms with Gasteiger partial charge in [0.15, 0.2) is 0 Å². The Morgan fingerprint density at radius 2 is 1.61 bits per heavy atom. The zero-order valence-electron chi connectivity index (χ0n) is 14.1. The van der Waals surface area contributed by atoms with Crippen molar-refractivity contribution in [2.75, 3.05) is 0 Å². The highest BCUT2D eigenvalue weighted by Crippen LogP contribution is 2.56. The van der Waals surface area contributed by atoms with Gasteiger partial charge in [-0.05, 0) is 31.8 Å². The van der Waals surface area contributed by atoms with Gasteiger partial charge in [-0.15, -0.1) is 0 Å². The zero-order chi connectivity index (χ0) is 15.3. The largest absolute Gasteiger partial charge is 0.104 e. The van der Waals surface area contributed by atoms with E-state index in [9.17, 15) is 0 Å². The molecule has 0 amide bonds. The first-order chi connectivity index (χ1) is 11.3. The van der Waals surface area contributed by atoms with Crippen molar-refractivity contribution < 1.29 is 0 Å². The fourth-order valence-corrected chi connectivity index (χ4v) is 5.90. The van der Waals surface area contributed by atoms with Crippen LogP contribution in [0, 0.1) is 23.2 Å². The molecule has 1 unspecified atom stereocenters. The fraction of sp³-hybridized carbons (Fsp3) is 0.565. The summed E-state index contributed by atoms with van der Waals surface area (Å²) < 4.78 is 0. The Labute approximate surface area is 140 Å². The molecule has 0 saturated heterocycles. The first-order valence-corrected chi connectivity index (χ1v) is 9.77. The molecule has 0 aromatic rings. The molecular formula is C23H27+. The van der Waals surface area contributed by atoms with Gasteiger partial charge in [0.25, 0.3) is 0 Å². The summed E-state index contributed by atoms with van der Waals surface area (Å²) in [5.41, 5.74) is 9.03. The van der Waals surface area contributed by atoms with Crippen LogP contribution in [0.3, 0.4) is 0 Å². The van der Waals surface area contributed by atoms with E-state index in [2.05, 4.69) is 42.5 Å². The Hall–Kier alpha value is -1.39. The van der Waals surface area contributed by atoms with Crippen molar-refractivity contribution in [2.24, 2.45) is 16.7 Å². The van der Waals surface area contributed by atoms with Crippen LogP contribution < -0.4 is 0 Å². The molecule has 0 aromatic carbocycles. The average molecular weight is 303 g/mol. The predicted octanol–water partition coefficient (Wildman–Crippen LogP) is 6.24. The monoisotopic (exact) mass is 303 g/mol. The van der Waals surface area contributed by atoms with Gasteiger partial charge in [0.2, 0.25) is 0 Å². The van der Waals surface area contributed by atoms with E-state index in [0.29, 0.717) is 16.7 Å². The first-order valence-electron chi connectivity index (χ1n) is 9.77. The number of allylic oxidation sites excluding steroid dienone is 7. The molecule has 0 nitrogen and oxygen atoms in total. The standard InChI is InChI=1S/C23H27/c1-3-11-22(12-4-1)15-9-18-17-19-10-16-23(13-5-2-6-14-23)21(19)8-7-20(18)22/h7-10,15-16,20H,1-6,11-14H2/q+1. The van der Waals surface area contributed by atoms with E-state index in [1.165, 1.54) is 75.4 Å². The minimum atomic E-state index is 0.347. The van der Waals surface area contributed by atoms with Crippen LogP contribution in [-0.2, 0) is 0 Å². The second kappa shape index (κ2) is 5.05. The number of hydrogen-bond donors (Lipinski definition) is 0. The molecule has 0 radical (unpaired) electrons. The molecule has 118 valence electrons. The molecule has 0 heteroatoms. The van der Waals surface area contributed by atoms with Gasteiger partial charge in [0, 0.05) is 11.0 Å². The lowest BCUT2D eigenvalue weighted by molar-refractivity contribution is 0.215. The molecule has 0 N–H and O–H groups in total. The van der Waals surface area contributed by atoms with Crippen LogP contribution in [0.15, 0.2) is 52.8 Å². The summed E-state index contributed by atoms with van der Waals surface area (Å²) in [6.45, 7) is 0. The van der Waals surface area contributed by atoms with Crippen molar-refractivity contribution in [3.05, 3.63) is 59.3 Å². The zero-order valence-corrected chi connectivity index (χ0v) is 14.1. The summed E-state index contributed by atoms with van der Waals surface area (Å²) in [4.78, 5) is 0. The maximum absolute atomic E-state index is 3.84. The quantitative estimate of drug-likeness (QED) is 0.367. The molecule has 5 rings (SSSR count). The summed E-state index contributed by atoms with van der Waals surface area (Å²) in [6, 6.07) is 0. The van der Waals surface area contributed by atoms with Crippen LogP contribution in [0.2, 0.25) is 0 Å². The third-order valence-corrected chi connectivity index (χ3v) is 7.21. The van der Waals surface area contributed by atoms with Gasteiger partial charge in [-0.3, -0.25) is 0 Å². The smallest absolute Gasteiger partial charge is 0.0845 e. The van der Waals surface area contributed by atoms with Gasteiger partial charge in [-0.25, -0.2) is 0 Å². The number of rotatable bonds is 0. The molecule has 5 aliphatic carbocycles. The van der Waals surface area contributed by atoms with Crippen LogP contribution in [0.1, 0.15) is 64.2 Å². The van der Waals surface area contributed by atoms with Gasteiger partial charge in [-0.1, -0.05) is 62.5 Å². The first kappa shape index (κ1) is 14.0. The van der Waals surface area contributed by atoms with E-state index in [-0.39, 0.29) is 0 Å². The van der Waals surface area contributed by atoms with Crippen LogP contribution in [0.25, 0.3) is 0 Å². The summed E-state index contributed by atoms with van der Waals surface area (Å²) in [7, 11) is 0. The lowest BCUT2D eigenvalue weighted by atomic mass is 9.65. The third-order valence-electron chi connectivity index (χ3n) is 7.21. The Balaban J connectivity index is 1.55. The maximum Gasteiger partial charge on any atom is 0.104 e. The van der Waals surface area contributed by atoms with Gasteiger partial charge >= 0.3 is 0 Å². The summed E-state index contributed by atoms with van der Waals surface area (Å²) >= 11 is 0. The lowest BCUT2D eigenvalue weighted by Crippen LogP contribution is -2.29. The fourth-order valence-electron chi connectivity index (χ4n) is 5.90. The van der Waals surface area contributed by atoms with E-state index in [1.807, 2.05) is 0 Å². The van der Waals surface area contributed by atoms with Crippen molar-refractivity contribution >= 4 is 0 Å². The Morgan fingerprint density at radius 1 is 0.870 bits per heavy atom. The van der Waals surface area contributed by atoms with Crippen molar-refractivity contribution in [1.29, 1.82) is 0 Å². The van der Waals surface area contributed by atoms with Crippen LogP contribution in [0.5, 0.6) is 0 Å². The van der Waals surface area contributed by atoms with Gasteiger partial charge in [0.1, 0.15) is 11.1 Å². The average Bonchev–Trinajstić information content (AvgIpc) is 3.00. The van der Waals surface area contributed by atoms with Crippen molar-refractivity contribution in [1.82, 2.24) is 0 Å². The molecule has 23 heavy (non-hydrogen) atoms. The molecular weight excluding hydrogens is 276 g/mol. The molecule has 2 saturated carbocycles. The lowest BCUT2D eigenvalue weighted by Gasteiger charge is -2.35. The second-order valence-electron chi connectivity index (χ2n) is 8.42. The number of fused-ring (bicyclic) bond motifs is 4. The molecule has 0 heterocycles. The van der Waals surface area contributed by atoms with Gasteiger partial charge in [0.05, 0.1) is 23.8 Å². The maximum atomic E-state index is 3.84. The van der Waals surface area contributed by atoms with E-state index in [1.54, 1.807) is 5.57 Å². The molecule has 5 aliphatic rings. The van der Waals surface area contributed by atoms with E-state index >= 15 is 0 Å². The van der Waals surface area contributed by atoms with Gasteiger partial charge in [-0.2, -0.15) is 0 Å². The predicted molar refractivity (Wildman–Crippen MR) is 95.7 cm³/mol. The second-order valence-corrected chi connectivity index (χ2v) is 8.42. The molecule has 1 atom stereocenters. The Bertz CT molecular complexity index is 663. The molecule has 0 aliphatic heterocycles. The molecule has 2 fully saturated rings. The van der Waals surface area contributed by atoms with Crippen LogP contribution in [-0.4, -0.2) is 0 Å². The van der Waals surface area contributed by atoms with E-state index < -0.39 is 0 Å². The summed E-state index contributed by atoms with van der Waals surface area (Å²) in [6.07, 6.45) is 28.7. The van der Waals surface area contributed by atoms with Crippen LogP contribution in [0.4, 0.5) is 0 Å². The van der Waals surface area contributed by atoms with E-state index in [0.717, 1.165) is 0 Å². The molecule has 2 spiro atoms. The highest BCUT2D eigenvalue weighted by molar-refractivity contribution is 5.57. The topological polar surface area (TPSA) is 0 Å². The highest BCUT2D eigenvalue weighted by Gasteiger charge is 2.49. The van der Waals surface area contributed by atoms with Crippen molar-refractivity contribution in [3.8, 4) is 0 Å². The molecule has 0 aromatic heterocycles. The minimum Gasteiger partial charge on any atom is -0.0845 e. The van der Waals surface area contributed by atoms with Crippen molar-refractivity contribution in [3.63, 3.8) is 0 Å². The molecule has 0 bridgehead atoms. The SMILES string of the molecule is C1=C2C=CC3(CCCCC3)C2=C[CH+]C2C=1C=CC21CCCCC1. The normalized spacial score (nSPS) is 32.7. The Morgan fingerprint density at radius 3 is 2.39 bits per heavy atom. The summed E-state index contributed by atoms with van der Waals surface area (Å²) in [5.74, 6) is 0.586. The third kappa shape index (κ3) is 2.01. The highest BCUT2D eigenvalue weighted by atomic mass is 14.5.